The average Bonchev–Trinajstić information content (AvgIpc) is 2.04. The molecule has 0 aromatic heterocycles. The maximum absolute atomic E-state index is 13.1. The predicted octanol–water partition coefficient (Wildman–Crippen LogP) is 0.629. The molecule has 0 aliphatic rings. The van der Waals surface area contributed by atoms with Crippen LogP contribution >= 0.6 is 0 Å². The average molecular weight is 182 g/mol. The highest BCUT2D eigenvalue weighted by molar-refractivity contribution is 6.58. The van der Waals surface area contributed by atoms with Gasteiger partial charge < -0.3 is 10.0 Å². The standard InChI is InChI=1S/C9H12BFO2/c1-6(2)8-5-7(10(12)13)3-4-9(8)11/h3-6,12-13H,1-2H3. The van der Waals surface area contributed by atoms with Crippen LogP contribution in [0, 0.1) is 5.82 Å². The summed E-state index contributed by atoms with van der Waals surface area (Å²) < 4.78 is 13.1. The summed E-state index contributed by atoms with van der Waals surface area (Å²) in [6, 6.07) is 4.10. The number of hydrogen-bond donors (Lipinski definition) is 2. The van der Waals surface area contributed by atoms with Gasteiger partial charge in [-0.3, -0.25) is 0 Å². The lowest BCUT2D eigenvalue weighted by atomic mass is 9.78. The van der Waals surface area contributed by atoms with E-state index in [2.05, 4.69) is 0 Å². The van der Waals surface area contributed by atoms with Crippen molar-refractivity contribution in [1.82, 2.24) is 0 Å². The second-order valence-electron chi connectivity index (χ2n) is 3.31. The maximum Gasteiger partial charge on any atom is 0.488 e. The molecular weight excluding hydrogens is 170 g/mol. The minimum absolute atomic E-state index is 0.0405. The fourth-order valence-corrected chi connectivity index (χ4v) is 1.17. The summed E-state index contributed by atoms with van der Waals surface area (Å²) in [5.74, 6) is -0.266. The molecule has 0 spiro atoms. The number of benzene rings is 1. The van der Waals surface area contributed by atoms with E-state index in [9.17, 15) is 4.39 Å². The van der Waals surface area contributed by atoms with Crippen molar-refractivity contribution in [2.75, 3.05) is 0 Å². The van der Waals surface area contributed by atoms with E-state index < -0.39 is 7.12 Å². The Morgan fingerprint density at radius 3 is 2.38 bits per heavy atom. The molecule has 0 aliphatic heterocycles. The largest absolute Gasteiger partial charge is 0.488 e. The van der Waals surface area contributed by atoms with Crippen molar-refractivity contribution in [3.05, 3.63) is 29.6 Å². The highest BCUT2D eigenvalue weighted by atomic mass is 19.1. The van der Waals surface area contributed by atoms with Crippen molar-refractivity contribution in [3.8, 4) is 0 Å². The second kappa shape index (κ2) is 3.90. The highest BCUT2D eigenvalue weighted by Gasteiger charge is 2.14. The molecule has 0 fully saturated rings. The van der Waals surface area contributed by atoms with Gasteiger partial charge in [0.15, 0.2) is 0 Å². The minimum atomic E-state index is -1.53. The zero-order chi connectivity index (χ0) is 10.0. The molecule has 70 valence electrons. The molecular formula is C9H12BFO2. The fourth-order valence-electron chi connectivity index (χ4n) is 1.17. The van der Waals surface area contributed by atoms with Crippen molar-refractivity contribution >= 4 is 12.6 Å². The van der Waals surface area contributed by atoms with Crippen molar-refractivity contribution in [2.24, 2.45) is 0 Å². The van der Waals surface area contributed by atoms with Gasteiger partial charge >= 0.3 is 7.12 Å². The van der Waals surface area contributed by atoms with Gasteiger partial charge in [-0.05, 0) is 23.0 Å². The Bertz CT molecular complexity index is 300. The minimum Gasteiger partial charge on any atom is -0.423 e. The number of halogens is 1. The van der Waals surface area contributed by atoms with Crippen molar-refractivity contribution in [1.29, 1.82) is 0 Å². The maximum atomic E-state index is 13.1. The summed E-state index contributed by atoms with van der Waals surface area (Å²) in [5, 5.41) is 17.7. The third-order valence-electron chi connectivity index (χ3n) is 1.94. The molecule has 0 saturated heterocycles. The Labute approximate surface area is 77.2 Å². The first-order valence-corrected chi connectivity index (χ1v) is 4.18. The van der Waals surface area contributed by atoms with E-state index in [0.29, 0.717) is 11.0 Å². The molecule has 13 heavy (non-hydrogen) atoms. The zero-order valence-electron chi connectivity index (χ0n) is 7.66. The van der Waals surface area contributed by atoms with Gasteiger partial charge in [-0.15, -0.1) is 0 Å². The molecule has 1 aromatic carbocycles. The third kappa shape index (κ3) is 2.29. The first kappa shape index (κ1) is 10.2. The van der Waals surface area contributed by atoms with Crippen LogP contribution in [0.1, 0.15) is 25.3 Å². The molecule has 0 bridgehead atoms. The third-order valence-corrected chi connectivity index (χ3v) is 1.94. The molecule has 0 amide bonds. The Morgan fingerprint density at radius 1 is 1.31 bits per heavy atom. The molecule has 0 atom stereocenters. The van der Waals surface area contributed by atoms with E-state index >= 15 is 0 Å². The predicted molar refractivity (Wildman–Crippen MR) is 50.3 cm³/mol. The lowest BCUT2D eigenvalue weighted by Gasteiger charge is -2.08. The molecule has 0 unspecified atom stereocenters. The SMILES string of the molecule is CC(C)c1cc(B(O)O)ccc1F. The molecule has 0 saturated carbocycles. The van der Waals surface area contributed by atoms with Crippen molar-refractivity contribution in [3.63, 3.8) is 0 Å². The number of rotatable bonds is 2. The van der Waals surface area contributed by atoms with Crippen LogP contribution < -0.4 is 5.46 Å². The van der Waals surface area contributed by atoms with E-state index in [4.69, 9.17) is 10.0 Å². The summed E-state index contributed by atoms with van der Waals surface area (Å²) in [6.45, 7) is 3.71. The molecule has 0 aliphatic carbocycles. The van der Waals surface area contributed by atoms with Gasteiger partial charge in [0, 0.05) is 0 Å². The van der Waals surface area contributed by atoms with Gasteiger partial charge in [0.25, 0.3) is 0 Å². The van der Waals surface area contributed by atoms with Gasteiger partial charge in [-0.25, -0.2) is 4.39 Å². The lowest BCUT2D eigenvalue weighted by molar-refractivity contribution is 0.425. The van der Waals surface area contributed by atoms with Crippen molar-refractivity contribution < 1.29 is 14.4 Å². The van der Waals surface area contributed by atoms with E-state index in [0.717, 1.165) is 0 Å². The quantitative estimate of drug-likeness (QED) is 0.658. The Kier molecular flexibility index (Phi) is 3.06. The summed E-state index contributed by atoms with van der Waals surface area (Å²) in [6.07, 6.45) is 0. The Morgan fingerprint density at radius 2 is 1.92 bits per heavy atom. The van der Waals surface area contributed by atoms with Crippen LogP contribution in [0.3, 0.4) is 0 Å². The van der Waals surface area contributed by atoms with E-state index in [1.54, 1.807) is 0 Å². The van der Waals surface area contributed by atoms with Crippen LogP contribution in [0.2, 0.25) is 0 Å². The zero-order valence-corrected chi connectivity index (χ0v) is 7.66. The van der Waals surface area contributed by atoms with E-state index in [-0.39, 0.29) is 11.7 Å². The monoisotopic (exact) mass is 182 g/mol. The summed E-state index contributed by atoms with van der Waals surface area (Å²) in [7, 11) is -1.53. The molecule has 1 aromatic rings. The van der Waals surface area contributed by atoms with Crippen LogP contribution in [0.15, 0.2) is 18.2 Å². The van der Waals surface area contributed by atoms with Gasteiger partial charge in [0.1, 0.15) is 5.82 Å². The topological polar surface area (TPSA) is 40.5 Å². The van der Waals surface area contributed by atoms with Crippen LogP contribution in [0.4, 0.5) is 4.39 Å². The molecule has 4 heteroatoms. The van der Waals surface area contributed by atoms with Crippen LogP contribution in [-0.2, 0) is 0 Å². The van der Waals surface area contributed by atoms with Crippen LogP contribution in [0.5, 0.6) is 0 Å². The van der Waals surface area contributed by atoms with E-state index in [1.165, 1.54) is 18.2 Å². The van der Waals surface area contributed by atoms with Gasteiger partial charge in [-0.1, -0.05) is 26.0 Å². The normalized spacial score (nSPS) is 10.6. The molecule has 2 N–H and O–H groups in total. The molecule has 0 radical (unpaired) electrons. The first-order valence-electron chi connectivity index (χ1n) is 4.18. The summed E-state index contributed by atoms with van der Waals surface area (Å²) >= 11 is 0. The first-order chi connectivity index (χ1) is 6.02. The lowest BCUT2D eigenvalue weighted by Crippen LogP contribution is -2.30. The Hall–Kier alpha value is -0.865. The van der Waals surface area contributed by atoms with Crippen molar-refractivity contribution in [2.45, 2.75) is 19.8 Å². The molecule has 1 rings (SSSR count). The van der Waals surface area contributed by atoms with E-state index in [1.807, 2.05) is 13.8 Å². The molecule has 0 heterocycles. The van der Waals surface area contributed by atoms with Crippen LogP contribution in [0.25, 0.3) is 0 Å². The highest BCUT2D eigenvalue weighted by Crippen LogP contribution is 2.16. The fraction of sp³-hybridized carbons (Fsp3) is 0.333. The Balaban J connectivity index is 3.11. The number of hydrogen-bond acceptors (Lipinski definition) is 2. The second-order valence-corrected chi connectivity index (χ2v) is 3.31. The molecule has 2 nitrogen and oxygen atoms in total. The van der Waals surface area contributed by atoms with Gasteiger partial charge in [0.05, 0.1) is 0 Å². The van der Waals surface area contributed by atoms with Gasteiger partial charge in [0.2, 0.25) is 0 Å². The summed E-state index contributed by atoms with van der Waals surface area (Å²) in [4.78, 5) is 0. The smallest absolute Gasteiger partial charge is 0.423 e. The summed E-state index contributed by atoms with van der Waals surface area (Å²) in [5.41, 5.74) is 0.829. The van der Waals surface area contributed by atoms with Crippen LogP contribution in [-0.4, -0.2) is 17.2 Å². The van der Waals surface area contributed by atoms with Gasteiger partial charge in [-0.2, -0.15) is 0 Å².